The number of piperidine rings is 1. The van der Waals surface area contributed by atoms with Gasteiger partial charge >= 0.3 is 6.18 Å². The van der Waals surface area contributed by atoms with Crippen LogP contribution < -0.4 is 15.4 Å². The third-order valence-electron chi connectivity index (χ3n) is 7.70. The topological polar surface area (TPSA) is 75.6 Å². The van der Waals surface area contributed by atoms with E-state index in [-0.39, 0.29) is 4.90 Å². The largest absolute Gasteiger partial charge is 0.495 e. The van der Waals surface area contributed by atoms with Gasteiger partial charge in [0.1, 0.15) is 18.5 Å². The van der Waals surface area contributed by atoms with Crippen molar-refractivity contribution in [2.24, 2.45) is 0 Å². The Bertz CT molecular complexity index is 1700. The maximum absolute atomic E-state index is 14.8. The molecule has 230 valence electrons. The van der Waals surface area contributed by atoms with Crippen LogP contribution in [-0.4, -0.2) is 69.8 Å². The zero-order valence-corrected chi connectivity index (χ0v) is 24.9. The summed E-state index contributed by atoms with van der Waals surface area (Å²) in [6.45, 7) is 0.236. The molecule has 43 heavy (non-hydrogen) atoms. The van der Waals surface area contributed by atoms with E-state index in [4.69, 9.17) is 4.74 Å². The second-order valence-electron chi connectivity index (χ2n) is 11.0. The molecule has 2 N–H and O–H groups in total. The molecule has 1 aliphatic heterocycles. The normalized spacial score (nSPS) is 18.1. The van der Waals surface area contributed by atoms with Gasteiger partial charge in [0.25, 0.3) is 0 Å². The second-order valence-corrected chi connectivity index (χ2v) is 13.0. The van der Waals surface area contributed by atoms with Gasteiger partial charge in [-0.15, -0.1) is 0 Å². The Labute approximate surface area is 248 Å². The lowest BCUT2D eigenvalue weighted by molar-refractivity contribution is -0.139. The van der Waals surface area contributed by atoms with Gasteiger partial charge in [-0.3, -0.25) is 0 Å². The fourth-order valence-corrected chi connectivity index (χ4v) is 6.09. The molecule has 1 saturated heterocycles. The maximum atomic E-state index is 14.8. The number of fused-ring (bicyclic) bond motifs is 1. The lowest BCUT2D eigenvalue weighted by Gasteiger charge is -2.33. The number of hydrogen-bond donors (Lipinski definition) is 2. The van der Waals surface area contributed by atoms with Crippen molar-refractivity contribution in [2.75, 3.05) is 44.1 Å². The highest BCUT2D eigenvalue weighted by Gasteiger charge is 2.31. The van der Waals surface area contributed by atoms with Crippen molar-refractivity contribution in [3.8, 4) is 17.0 Å². The number of nitrogens with one attached hydrogen (secondary N) is 2. The number of rotatable bonds is 9. The Morgan fingerprint density at radius 2 is 1.77 bits per heavy atom. The number of sulfone groups is 1. The van der Waals surface area contributed by atoms with Crippen LogP contribution in [0.1, 0.15) is 12.0 Å². The van der Waals surface area contributed by atoms with Gasteiger partial charge in [-0.05, 0) is 54.9 Å². The molecule has 7 nitrogen and oxygen atoms in total. The number of benzene rings is 3. The Kier molecular flexibility index (Phi) is 8.62. The van der Waals surface area contributed by atoms with Crippen molar-refractivity contribution in [3.63, 3.8) is 0 Å². The summed E-state index contributed by atoms with van der Waals surface area (Å²) in [5.74, 6) is 0.375. The Morgan fingerprint density at radius 1 is 1.02 bits per heavy atom. The highest BCUT2D eigenvalue weighted by molar-refractivity contribution is 7.90. The summed E-state index contributed by atoms with van der Waals surface area (Å²) >= 11 is 0. The minimum Gasteiger partial charge on any atom is -0.495 e. The molecule has 4 aromatic rings. The van der Waals surface area contributed by atoms with Crippen LogP contribution >= 0.6 is 0 Å². The second kappa shape index (κ2) is 12.1. The standard InChI is InChI=1S/C31H34F4N4O3S/c1-38-14-13-26(24(32)18-38)37-25-5-4-6-28-23(25)16-29(39(28)19-31(33,34)35)21-9-7-20(8-10-21)17-36-27-12-11-22(43(3,40)41)15-30(27)42-2/h4-12,15-16,24,26,36-37H,13-14,17-19H2,1-3H3/t24-,26+/m1/s1. The van der Waals surface area contributed by atoms with Crippen molar-refractivity contribution >= 4 is 32.1 Å². The average molecular weight is 619 g/mol. The van der Waals surface area contributed by atoms with Crippen LogP contribution in [0.2, 0.25) is 0 Å². The number of aromatic nitrogens is 1. The first-order chi connectivity index (χ1) is 20.3. The van der Waals surface area contributed by atoms with Gasteiger partial charge in [-0.1, -0.05) is 30.3 Å². The highest BCUT2D eigenvalue weighted by atomic mass is 32.2. The Balaban J connectivity index is 1.42. The van der Waals surface area contributed by atoms with Crippen LogP contribution in [0.15, 0.2) is 71.6 Å². The molecule has 0 radical (unpaired) electrons. The van der Waals surface area contributed by atoms with E-state index in [1.165, 1.54) is 23.8 Å². The van der Waals surface area contributed by atoms with Crippen LogP contribution in [0.25, 0.3) is 22.2 Å². The number of nitrogens with zero attached hydrogens (tertiary/aromatic N) is 2. The number of anilines is 2. The molecule has 0 bridgehead atoms. The minimum absolute atomic E-state index is 0.141. The molecule has 0 saturated carbocycles. The zero-order chi connectivity index (χ0) is 30.9. The Hall–Kier alpha value is -3.77. The molecule has 2 atom stereocenters. The molecule has 12 heteroatoms. The van der Waals surface area contributed by atoms with E-state index in [0.29, 0.717) is 58.8 Å². The average Bonchev–Trinajstić information content (AvgIpc) is 3.30. The third kappa shape index (κ3) is 7.07. The van der Waals surface area contributed by atoms with Crippen molar-refractivity contribution in [3.05, 3.63) is 72.3 Å². The van der Waals surface area contributed by atoms with E-state index in [2.05, 4.69) is 10.6 Å². The van der Waals surface area contributed by atoms with Gasteiger partial charge in [0.05, 0.1) is 29.3 Å². The Morgan fingerprint density at radius 3 is 2.42 bits per heavy atom. The van der Waals surface area contributed by atoms with Crippen LogP contribution in [0.3, 0.4) is 0 Å². The predicted octanol–water partition coefficient (Wildman–Crippen LogP) is 6.35. The van der Waals surface area contributed by atoms with Gasteiger partial charge in [0, 0.05) is 48.7 Å². The summed E-state index contributed by atoms with van der Waals surface area (Å²) < 4.78 is 86.3. The number of ether oxygens (including phenoxy) is 1. The first kappa shape index (κ1) is 30.7. The molecule has 0 aliphatic carbocycles. The van der Waals surface area contributed by atoms with Crippen molar-refractivity contribution in [2.45, 2.75) is 42.8 Å². The monoisotopic (exact) mass is 618 g/mol. The van der Waals surface area contributed by atoms with E-state index >= 15 is 0 Å². The summed E-state index contributed by atoms with van der Waals surface area (Å²) in [5, 5.41) is 7.08. The SMILES string of the molecule is COc1cc(S(C)(=O)=O)ccc1NCc1ccc(-c2cc3c(N[C@H]4CCN(C)C[C@H]4F)cccc3n2CC(F)(F)F)cc1. The van der Waals surface area contributed by atoms with E-state index in [1.807, 2.05) is 24.1 Å². The number of halogens is 4. The summed E-state index contributed by atoms with van der Waals surface area (Å²) in [4.78, 5) is 2.06. The summed E-state index contributed by atoms with van der Waals surface area (Å²) in [7, 11) is -0.0779. The van der Waals surface area contributed by atoms with Crippen molar-refractivity contribution < 1.29 is 30.7 Å². The lowest BCUT2D eigenvalue weighted by atomic mass is 10.0. The van der Waals surface area contributed by atoms with E-state index in [9.17, 15) is 26.0 Å². The van der Waals surface area contributed by atoms with Gasteiger partial charge < -0.3 is 24.8 Å². The molecule has 0 spiro atoms. The van der Waals surface area contributed by atoms with Crippen LogP contribution in [0, 0.1) is 0 Å². The van der Waals surface area contributed by atoms with Gasteiger partial charge in [-0.2, -0.15) is 13.2 Å². The molecule has 5 rings (SSSR count). The first-order valence-electron chi connectivity index (χ1n) is 13.8. The van der Waals surface area contributed by atoms with Crippen molar-refractivity contribution in [1.29, 1.82) is 0 Å². The third-order valence-corrected chi connectivity index (χ3v) is 8.81. The molecule has 1 aromatic heterocycles. The quantitative estimate of drug-likeness (QED) is 0.213. The molecule has 3 aromatic carbocycles. The predicted molar refractivity (Wildman–Crippen MR) is 161 cm³/mol. The summed E-state index contributed by atoms with van der Waals surface area (Å²) in [5.41, 5.74) is 3.48. The van der Waals surface area contributed by atoms with Gasteiger partial charge in [-0.25, -0.2) is 12.8 Å². The molecular formula is C31H34F4N4O3S. The smallest absolute Gasteiger partial charge is 0.406 e. The lowest BCUT2D eigenvalue weighted by Crippen LogP contribution is -2.46. The molecule has 0 amide bonds. The zero-order valence-electron chi connectivity index (χ0n) is 24.1. The van der Waals surface area contributed by atoms with Crippen LogP contribution in [0.4, 0.5) is 28.9 Å². The minimum atomic E-state index is -4.45. The van der Waals surface area contributed by atoms with Crippen molar-refractivity contribution in [1.82, 2.24) is 9.47 Å². The maximum Gasteiger partial charge on any atom is 0.406 e. The van der Waals surface area contributed by atoms with Crippen LogP contribution in [0.5, 0.6) is 5.75 Å². The van der Waals surface area contributed by atoms with Crippen LogP contribution in [-0.2, 0) is 22.9 Å². The van der Waals surface area contributed by atoms with E-state index in [0.717, 1.165) is 18.4 Å². The molecular weight excluding hydrogens is 584 g/mol. The van der Waals surface area contributed by atoms with Gasteiger partial charge in [0.2, 0.25) is 0 Å². The highest BCUT2D eigenvalue weighted by Crippen LogP contribution is 2.36. The molecule has 2 heterocycles. The molecule has 0 unspecified atom stereocenters. The number of alkyl halides is 4. The van der Waals surface area contributed by atoms with Gasteiger partial charge in [0.15, 0.2) is 9.84 Å². The summed E-state index contributed by atoms with van der Waals surface area (Å²) in [6, 6.07) is 18.2. The first-order valence-corrected chi connectivity index (χ1v) is 15.7. The fourth-order valence-electron chi connectivity index (χ4n) is 5.46. The number of hydrogen-bond acceptors (Lipinski definition) is 6. The fraction of sp³-hybridized carbons (Fsp3) is 0.355. The summed E-state index contributed by atoms with van der Waals surface area (Å²) in [6.07, 6.45) is -3.83. The molecule has 1 aliphatic rings. The van der Waals surface area contributed by atoms with E-state index < -0.39 is 34.8 Å². The van der Waals surface area contributed by atoms with E-state index in [1.54, 1.807) is 42.5 Å². The number of likely N-dealkylation sites (tertiary alicyclic amines) is 1. The molecule has 1 fully saturated rings. The number of methoxy groups -OCH3 is 1.